The van der Waals surface area contributed by atoms with E-state index in [2.05, 4.69) is 23.7 Å². The molecule has 9 heteroatoms. The third-order valence-corrected chi connectivity index (χ3v) is 5.34. The van der Waals surface area contributed by atoms with Gasteiger partial charge in [-0.15, -0.1) is 0 Å². The lowest BCUT2D eigenvalue weighted by Gasteiger charge is -2.34. The molecular weight excluding hydrogens is 350 g/mol. The molecule has 3 atom stereocenters. The van der Waals surface area contributed by atoms with Gasteiger partial charge in [0.05, 0.1) is 25.8 Å². The van der Waals surface area contributed by atoms with Gasteiger partial charge in [0.25, 0.3) is 5.56 Å². The molecule has 0 spiro atoms. The number of likely N-dealkylation sites (tertiary alicyclic amines) is 1. The Morgan fingerprint density at radius 1 is 1.15 bits per heavy atom. The normalized spacial score (nSPS) is 22.4. The lowest BCUT2D eigenvalue weighted by atomic mass is 9.92. The van der Waals surface area contributed by atoms with E-state index in [0.717, 1.165) is 17.7 Å². The van der Waals surface area contributed by atoms with Crippen molar-refractivity contribution in [2.45, 2.75) is 39.5 Å². The first-order chi connectivity index (χ1) is 12.7. The van der Waals surface area contributed by atoms with Crippen LogP contribution in [0.4, 0.5) is 0 Å². The first-order valence-corrected chi connectivity index (χ1v) is 9.39. The number of aryl methyl sites for hydroxylation is 1. The Labute approximate surface area is 157 Å². The van der Waals surface area contributed by atoms with Gasteiger partial charge in [-0.05, 0) is 18.3 Å². The fourth-order valence-electron chi connectivity index (χ4n) is 4.20. The minimum atomic E-state index is -1.01. The molecule has 0 radical (unpaired) electrons. The molecule has 1 saturated heterocycles. The van der Waals surface area contributed by atoms with Crippen molar-refractivity contribution in [1.29, 1.82) is 0 Å². The van der Waals surface area contributed by atoms with Gasteiger partial charge in [-0.25, -0.2) is 9.78 Å². The van der Waals surface area contributed by atoms with Crippen LogP contribution in [0.1, 0.15) is 26.1 Å². The predicted octanol–water partition coefficient (Wildman–Crippen LogP) is -0.735. The van der Waals surface area contributed by atoms with Gasteiger partial charge < -0.3 is 14.8 Å². The maximum atomic E-state index is 12.7. The second-order valence-corrected chi connectivity index (χ2v) is 7.99. The zero-order chi connectivity index (χ0) is 19.9. The van der Waals surface area contributed by atoms with E-state index in [1.165, 1.54) is 18.0 Å². The minimum absolute atomic E-state index is 0.0503. The third-order valence-electron chi connectivity index (χ3n) is 5.34. The van der Waals surface area contributed by atoms with Crippen LogP contribution in [0, 0.1) is 11.8 Å². The Bertz CT molecular complexity index is 934. The highest BCUT2D eigenvalue weighted by Crippen LogP contribution is 2.23. The number of hydrogen-bond donors (Lipinski definition) is 2. The monoisotopic (exact) mass is 379 g/mol. The summed E-state index contributed by atoms with van der Waals surface area (Å²) < 4.78 is 4.05. The van der Waals surface area contributed by atoms with E-state index in [0.29, 0.717) is 29.9 Å². The van der Waals surface area contributed by atoms with Crippen LogP contribution in [0.2, 0.25) is 0 Å². The molecule has 3 heterocycles. The number of aromatic nitrogens is 4. The number of imidazole rings is 1. The van der Waals surface area contributed by atoms with Crippen molar-refractivity contribution in [2.75, 3.05) is 19.7 Å². The topological polar surface area (TPSA) is 106 Å². The number of fused-ring (bicyclic) bond motifs is 1. The maximum absolute atomic E-state index is 12.7. The third kappa shape index (κ3) is 3.71. The van der Waals surface area contributed by atoms with Crippen LogP contribution in [0.3, 0.4) is 0 Å². The second kappa shape index (κ2) is 7.57. The van der Waals surface area contributed by atoms with Crippen molar-refractivity contribution >= 4 is 11.2 Å². The molecule has 0 saturated carbocycles. The molecule has 150 valence electrons. The van der Waals surface area contributed by atoms with Gasteiger partial charge in [-0.2, -0.15) is 0 Å². The largest absolute Gasteiger partial charge is 0.394 e. The minimum Gasteiger partial charge on any atom is -0.394 e. The van der Waals surface area contributed by atoms with Crippen molar-refractivity contribution in [1.82, 2.24) is 23.6 Å². The summed E-state index contributed by atoms with van der Waals surface area (Å²) in [6.45, 7) is 6.48. The number of piperidine rings is 1. The quantitative estimate of drug-likeness (QED) is 0.709. The lowest BCUT2D eigenvalue weighted by Crippen LogP contribution is -2.39. The molecule has 1 aliphatic rings. The molecule has 9 nitrogen and oxygen atoms in total. The standard InChI is InChI=1S/C18H29N5O4/c1-11-5-12(2)7-22(6-11)9-14-19-16-15(23(14)8-13(25)10-24)17(26)21(4)18(27)20(16)3/h11-13,24-25H,5-10H2,1-4H3/t11-,12+,13-/m0/s1. The van der Waals surface area contributed by atoms with E-state index >= 15 is 0 Å². The molecule has 0 bridgehead atoms. The molecule has 0 unspecified atom stereocenters. The van der Waals surface area contributed by atoms with Crippen LogP contribution in [0.25, 0.3) is 11.2 Å². The second-order valence-electron chi connectivity index (χ2n) is 7.99. The number of rotatable bonds is 5. The Hall–Kier alpha value is -1.97. The summed E-state index contributed by atoms with van der Waals surface area (Å²) in [5.41, 5.74) is -0.300. The zero-order valence-corrected chi connectivity index (χ0v) is 16.4. The van der Waals surface area contributed by atoms with E-state index in [9.17, 15) is 19.8 Å². The molecule has 1 fully saturated rings. The van der Waals surface area contributed by atoms with Crippen molar-refractivity contribution in [3.63, 3.8) is 0 Å². The van der Waals surface area contributed by atoms with Crippen LogP contribution in [0.5, 0.6) is 0 Å². The Balaban J connectivity index is 2.12. The molecule has 2 aromatic rings. The molecule has 3 rings (SSSR count). The van der Waals surface area contributed by atoms with Crippen molar-refractivity contribution in [3.8, 4) is 0 Å². The summed E-state index contributed by atoms with van der Waals surface area (Å²) in [6.07, 6.45) is 0.174. The SMILES string of the molecule is C[C@@H]1C[C@H](C)CN(Cc2nc3c(c(=O)n(C)c(=O)n3C)n2C[C@H](O)CO)C1. The summed E-state index contributed by atoms with van der Waals surface area (Å²) in [7, 11) is 3.01. The average Bonchev–Trinajstić information content (AvgIpc) is 2.95. The van der Waals surface area contributed by atoms with Gasteiger partial charge in [-0.3, -0.25) is 18.8 Å². The van der Waals surface area contributed by atoms with E-state index in [1.54, 1.807) is 11.6 Å². The number of aliphatic hydroxyl groups excluding tert-OH is 2. The van der Waals surface area contributed by atoms with Crippen molar-refractivity contribution in [2.24, 2.45) is 25.9 Å². The van der Waals surface area contributed by atoms with E-state index < -0.39 is 24.0 Å². The van der Waals surface area contributed by atoms with Gasteiger partial charge in [0.2, 0.25) is 0 Å². The van der Waals surface area contributed by atoms with Crippen LogP contribution in [-0.4, -0.2) is 59.6 Å². The first kappa shape index (κ1) is 19.8. The highest BCUT2D eigenvalue weighted by Gasteiger charge is 2.26. The summed E-state index contributed by atoms with van der Waals surface area (Å²) >= 11 is 0. The predicted molar refractivity (Wildman–Crippen MR) is 102 cm³/mol. The molecule has 27 heavy (non-hydrogen) atoms. The first-order valence-electron chi connectivity index (χ1n) is 9.39. The molecule has 2 N–H and O–H groups in total. The fourth-order valence-corrected chi connectivity index (χ4v) is 4.20. The number of hydrogen-bond acceptors (Lipinski definition) is 6. The fraction of sp³-hybridized carbons (Fsp3) is 0.722. The summed E-state index contributed by atoms with van der Waals surface area (Å²) in [5.74, 6) is 1.77. The van der Waals surface area contributed by atoms with Crippen LogP contribution in [0.15, 0.2) is 9.59 Å². The molecule has 0 aliphatic carbocycles. The van der Waals surface area contributed by atoms with Crippen LogP contribution in [-0.2, 0) is 27.2 Å². The smallest absolute Gasteiger partial charge is 0.332 e. The zero-order valence-electron chi connectivity index (χ0n) is 16.4. The summed E-state index contributed by atoms with van der Waals surface area (Å²) in [5, 5.41) is 19.3. The highest BCUT2D eigenvalue weighted by molar-refractivity contribution is 5.71. The summed E-state index contributed by atoms with van der Waals surface area (Å²) in [6, 6.07) is 0. The average molecular weight is 379 g/mol. The molecular formula is C18H29N5O4. The molecule has 1 aliphatic heterocycles. The van der Waals surface area contributed by atoms with Crippen molar-refractivity contribution in [3.05, 3.63) is 26.7 Å². The Morgan fingerprint density at radius 3 is 2.37 bits per heavy atom. The van der Waals surface area contributed by atoms with Crippen molar-refractivity contribution < 1.29 is 10.2 Å². The Morgan fingerprint density at radius 2 is 1.78 bits per heavy atom. The van der Waals surface area contributed by atoms with E-state index in [1.807, 2.05) is 0 Å². The van der Waals surface area contributed by atoms with Crippen LogP contribution < -0.4 is 11.2 Å². The Kier molecular flexibility index (Phi) is 5.55. The van der Waals surface area contributed by atoms with E-state index in [-0.39, 0.29) is 12.1 Å². The van der Waals surface area contributed by atoms with Gasteiger partial charge in [0.15, 0.2) is 11.2 Å². The van der Waals surface area contributed by atoms with E-state index in [4.69, 9.17) is 0 Å². The number of nitrogens with zero attached hydrogens (tertiary/aromatic N) is 5. The number of aliphatic hydroxyl groups is 2. The molecule has 0 aromatic carbocycles. The van der Waals surface area contributed by atoms with Crippen LogP contribution >= 0.6 is 0 Å². The highest BCUT2D eigenvalue weighted by atomic mass is 16.3. The summed E-state index contributed by atoms with van der Waals surface area (Å²) in [4.78, 5) is 31.9. The maximum Gasteiger partial charge on any atom is 0.332 e. The lowest BCUT2D eigenvalue weighted by molar-refractivity contribution is 0.0793. The van der Waals surface area contributed by atoms with Gasteiger partial charge in [0, 0.05) is 27.2 Å². The van der Waals surface area contributed by atoms with Gasteiger partial charge in [0.1, 0.15) is 5.82 Å². The molecule has 2 aromatic heterocycles. The molecule has 0 amide bonds. The van der Waals surface area contributed by atoms with Gasteiger partial charge in [-0.1, -0.05) is 13.8 Å². The van der Waals surface area contributed by atoms with Gasteiger partial charge >= 0.3 is 5.69 Å².